The average Bonchev–Trinajstić information content (AvgIpc) is 3.54. The smallest absolute Gasteiger partial charge is 0.462 e. The molecule has 3 aliphatic rings. The van der Waals surface area contributed by atoms with Crippen molar-refractivity contribution < 1.29 is 76.5 Å². The lowest BCUT2D eigenvalue weighted by molar-refractivity contribution is -0.173. The molecular weight excluding hydrogens is 460 g/mol. The Morgan fingerprint density at radius 1 is 0.697 bits per heavy atom. The highest BCUT2D eigenvalue weighted by Gasteiger charge is 2.42. The van der Waals surface area contributed by atoms with Crippen molar-refractivity contribution in [1.82, 2.24) is 0 Å². The van der Waals surface area contributed by atoms with Crippen molar-refractivity contribution in [2.45, 2.75) is 18.3 Å². The maximum atomic E-state index is 12.1. The number of rotatable bonds is 10. The van der Waals surface area contributed by atoms with Gasteiger partial charge < -0.3 is 47.7 Å². The molecule has 0 aromatic heterocycles. The lowest BCUT2D eigenvalue weighted by Crippen LogP contribution is -2.45. The van der Waals surface area contributed by atoms with Gasteiger partial charge >= 0.3 is 36.4 Å². The van der Waals surface area contributed by atoms with E-state index in [1.165, 1.54) is 0 Å². The standard InChI is InChI=1S/C17H18O16/c18-4-17(5-28-11(19)8-1-25-14(22)31-8,6-29-12(20)9-2-26-15(23)32-9)7-30-13(21)10-3-27-16(24)33-10/h8-10,18H,1-7H2. The fourth-order valence-electron chi connectivity index (χ4n) is 2.55. The van der Waals surface area contributed by atoms with E-state index in [-0.39, 0.29) is 0 Å². The lowest BCUT2D eigenvalue weighted by atomic mass is 9.92. The zero-order valence-electron chi connectivity index (χ0n) is 16.8. The fraction of sp³-hybridized carbons (Fsp3) is 0.647. The molecule has 182 valence electrons. The Morgan fingerprint density at radius 2 is 1.00 bits per heavy atom. The van der Waals surface area contributed by atoms with Gasteiger partial charge in [-0.2, -0.15) is 0 Å². The van der Waals surface area contributed by atoms with Crippen molar-refractivity contribution in [2.24, 2.45) is 5.41 Å². The first-order valence-electron chi connectivity index (χ1n) is 9.32. The first-order valence-corrected chi connectivity index (χ1v) is 9.32. The molecule has 3 saturated heterocycles. The van der Waals surface area contributed by atoms with E-state index in [2.05, 4.69) is 28.4 Å². The van der Waals surface area contributed by atoms with Crippen LogP contribution in [0.2, 0.25) is 0 Å². The van der Waals surface area contributed by atoms with Gasteiger partial charge in [0.1, 0.15) is 39.6 Å². The third-order valence-corrected chi connectivity index (χ3v) is 4.46. The Bertz CT molecular complexity index is 717. The first-order chi connectivity index (χ1) is 15.7. The second-order valence-electron chi connectivity index (χ2n) is 6.98. The summed E-state index contributed by atoms with van der Waals surface area (Å²) in [6, 6.07) is 0. The molecule has 0 radical (unpaired) electrons. The van der Waals surface area contributed by atoms with Crippen LogP contribution in [0, 0.1) is 5.41 Å². The fourth-order valence-corrected chi connectivity index (χ4v) is 2.55. The number of carbonyl (C=O) groups is 6. The Hall–Kier alpha value is -3.82. The van der Waals surface area contributed by atoms with Gasteiger partial charge in [0.25, 0.3) is 0 Å². The van der Waals surface area contributed by atoms with Gasteiger partial charge in [0, 0.05) is 0 Å². The van der Waals surface area contributed by atoms with Crippen LogP contribution < -0.4 is 0 Å². The van der Waals surface area contributed by atoms with Crippen LogP contribution in [0.5, 0.6) is 0 Å². The summed E-state index contributed by atoms with van der Waals surface area (Å²) in [7, 11) is 0. The molecule has 3 atom stereocenters. The number of esters is 3. The zero-order valence-corrected chi connectivity index (χ0v) is 16.8. The van der Waals surface area contributed by atoms with Crippen LogP contribution in [0.1, 0.15) is 0 Å². The third-order valence-electron chi connectivity index (χ3n) is 4.46. The van der Waals surface area contributed by atoms with Gasteiger partial charge in [0.15, 0.2) is 0 Å². The largest absolute Gasteiger partial charge is 0.509 e. The number of carbonyl (C=O) groups excluding carboxylic acids is 6. The van der Waals surface area contributed by atoms with Crippen LogP contribution in [-0.4, -0.2) is 106 Å². The predicted molar refractivity (Wildman–Crippen MR) is 91.1 cm³/mol. The molecular formula is C17H18O16. The quantitative estimate of drug-likeness (QED) is 0.271. The molecule has 3 unspecified atom stereocenters. The van der Waals surface area contributed by atoms with Crippen molar-refractivity contribution >= 4 is 36.4 Å². The first kappa shape index (κ1) is 23.8. The highest BCUT2D eigenvalue weighted by atomic mass is 16.8. The molecule has 1 N–H and O–H groups in total. The highest BCUT2D eigenvalue weighted by molar-refractivity contribution is 5.81. The van der Waals surface area contributed by atoms with Crippen LogP contribution in [0.15, 0.2) is 0 Å². The summed E-state index contributed by atoms with van der Waals surface area (Å²) >= 11 is 0. The molecule has 0 aliphatic carbocycles. The molecule has 0 saturated carbocycles. The molecule has 3 rings (SSSR count). The zero-order chi connectivity index (χ0) is 24.0. The second-order valence-corrected chi connectivity index (χ2v) is 6.98. The number of aliphatic hydroxyl groups is 1. The highest BCUT2D eigenvalue weighted by Crippen LogP contribution is 2.22. The van der Waals surface area contributed by atoms with Gasteiger partial charge in [-0.15, -0.1) is 0 Å². The molecule has 3 aliphatic heterocycles. The van der Waals surface area contributed by atoms with E-state index >= 15 is 0 Å². The summed E-state index contributed by atoms with van der Waals surface area (Å²) in [5.41, 5.74) is -1.70. The van der Waals surface area contributed by atoms with Gasteiger partial charge in [0.05, 0.1) is 12.0 Å². The van der Waals surface area contributed by atoms with E-state index in [4.69, 9.17) is 14.2 Å². The van der Waals surface area contributed by atoms with Crippen LogP contribution in [0.25, 0.3) is 0 Å². The molecule has 0 aromatic rings. The average molecular weight is 478 g/mol. The molecule has 33 heavy (non-hydrogen) atoms. The molecule has 3 fully saturated rings. The second kappa shape index (κ2) is 10.2. The number of aliphatic hydroxyl groups excluding tert-OH is 1. The van der Waals surface area contributed by atoms with Gasteiger partial charge in [-0.1, -0.05) is 0 Å². The lowest BCUT2D eigenvalue weighted by Gasteiger charge is -2.30. The van der Waals surface area contributed by atoms with Crippen LogP contribution >= 0.6 is 0 Å². The number of cyclic esters (lactones) is 6. The predicted octanol–water partition coefficient (Wildman–Crippen LogP) is -1.80. The Balaban J connectivity index is 1.61. The van der Waals surface area contributed by atoms with E-state index in [0.717, 1.165) is 0 Å². The molecule has 16 nitrogen and oxygen atoms in total. The third kappa shape index (κ3) is 6.12. The molecule has 3 heterocycles. The minimum Gasteiger partial charge on any atom is -0.462 e. The summed E-state index contributed by atoms with van der Waals surface area (Å²) in [5, 5.41) is 9.93. The summed E-state index contributed by atoms with van der Waals surface area (Å²) in [4.78, 5) is 69.2. The van der Waals surface area contributed by atoms with E-state index < -0.39 is 106 Å². The Labute approximate surface area is 183 Å². The van der Waals surface area contributed by atoms with Gasteiger partial charge in [-0.05, 0) is 0 Å². The van der Waals surface area contributed by atoms with Crippen LogP contribution in [0.3, 0.4) is 0 Å². The molecule has 0 amide bonds. The maximum Gasteiger partial charge on any atom is 0.509 e. The topological polar surface area (TPSA) is 206 Å². The van der Waals surface area contributed by atoms with E-state index in [0.29, 0.717) is 0 Å². The van der Waals surface area contributed by atoms with Gasteiger partial charge in [-0.3, -0.25) is 0 Å². The number of hydrogen-bond acceptors (Lipinski definition) is 16. The van der Waals surface area contributed by atoms with E-state index in [9.17, 15) is 33.9 Å². The Morgan fingerprint density at radius 3 is 1.21 bits per heavy atom. The number of hydrogen-bond donors (Lipinski definition) is 1. The van der Waals surface area contributed by atoms with Crippen molar-refractivity contribution in [3.63, 3.8) is 0 Å². The minimum atomic E-state index is -1.70. The molecule has 0 spiro atoms. The number of ether oxygens (including phenoxy) is 9. The van der Waals surface area contributed by atoms with Crippen molar-refractivity contribution in [3.8, 4) is 0 Å². The SMILES string of the molecule is O=C1OCC(C(=O)OCC(CO)(COC(=O)C2COC(=O)O2)COC(=O)C2COC(=O)O2)O1. The summed E-state index contributed by atoms with van der Waals surface area (Å²) in [6.07, 6.45) is -7.29. The van der Waals surface area contributed by atoms with Crippen molar-refractivity contribution in [1.29, 1.82) is 0 Å². The summed E-state index contributed by atoms with van der Waals surface area (Å²) < 4.78 is 42.2. The minimum absolute atomic E-state index is 0.395. The van der Waals surface area contributed by atoms with E-state index in [1.54, 1.807) is 0 Å². The normalized spacial score (nSPS) is 25.4. The summed E-state index contributed by atoms with van der Waals surface area (Å²) in [6.45, 7) is -4.02. The molecule has 0 bridgehead atoms. The van der Waals surface area contributed by atoms with Crippen molar-refractivity contribution in [3.05, 3.63) is 0 Å². The molecule has 16 heteroatoms. The maximum absolute atomic E-state index is 12.1. The summed E-state index contributed by atoms with van der Waals surface area (Å²) in [5.74, 6) is -3.10. The van der Waals surface area contributed by atoms with Crippen molar-refractivity contribution in [2.75, 3.05) is 46.2 Å². The Kier molecular flexibility index (Phi) is 7.37. The van der Waals surface area contributed by atoms with Gasteiger partial charge in [-0.25, -0.2) is 28.8 Å². The van der Waals surface area contributed by atoms with Crippen LogP contribution in [-0.2, 0) is 57.0 Å². The molecule has 0 aromatic carbocycles. The van der Waals surface area contributed by atoms with Crippen LogP contribution in [0.4, 0.5) is 14.4 Å². The van der Waals surface area contributed by atoms with Gasteiger partial charge in [0.2, 0.25) is 18.3 Å². The van der Waals surface area contributed by atoms with E-state index in [1.807, 2.05) is 0 Å². The monoisotopic (exact) mass is 478 g/mol.